The topological polar surface area (TPSA) is 81.4 Å². The molecule has 164 valence electrons. The molecule has 0 bridgehead atoms. The number of rotatable bonds is 7. The summed E-state index contributed by atoms with van der Waals surface area (Å²) in [6, 6.07) is 6.89. The van der Waals surface area contributed by atoms with E-state index in [-0.39, 0.29) is 24.5 Å². The highest BCUT2D eigenvalue weighted by molar-refractivity contribution is 7.18. The summed E-state index contributed by atoms with van der Waals surface area (Å²) < 4.78 is 7.23. The number of Topliss-reactive ketones (excluding diaryl/α,β-unsaturated/α-hetero) is 1. The van der Waals surface area contributed by atoms with Crippen molar-refractivity contribution in [3.8, 4) is 5.75 Å². The van der Waals surface area contributed by atoms with Gasteiger partial charge in [0.05, 0.1) is 11.9 Å². The number of fused-ring (bicyclic) bond motifs is 3. The molecule has 2 atom stereocenters. The van der Waals surface area contributed by atoms with Gasteiger partial charge in [-0.3, -0.25) is 14.2 Å². The fourth-order valence-electron chi connectivity index (χ4n) is 4.14. The number of aliphatic hydroxyl groups excluding tert-OH is 1. The second-order valence-electron chi connectivity index (χ2n) is 8.37. The Hall–Kier alpha value is -2.51. The standard InChI is InChI=1S/C24H28N2O4S/c1-4-20(28)16-6-8-18(9-7-16)30-13-17(27)12-26-15(3)25-23-22(24(26)29)19-10-5-14(2)11-21(19)31-23/h6-9,14,17,27H,4-5,10-13H2,1-3H3. The average Bonchev–Trinajstić information content (AvgIpc) is 3.12. The van der Waals surface area contributed by atoms with Gasteiger partial charge in [-0.25, -0.2) is 4.98 Å². The van der Waals surface area contributed by atoms with Gasteiger partial charge in [0.2, 0.25) is 0 Å². The quantitative estimate of drug-likeness (QED) is 0.563. The molecule has 7 heteroatoms. The van der Waals surface area contributed by atoms with Crippen molar-refractivity contribution >= 4 is 27.3 Å². The summed E-state index contributed by atoms with van der Waals surface area (Å²) in [5.41, 5.74) is 1.72. The summed E-state index contributed by atoms with van der Waals surface area (Å²) in [4.78, 5) is 31.7. The first kappa shape index (κ1) is 21.7. The summed E-state index contributed by atoms with van der Waals surface area (Å²) in [6.45, 7) is 6.05. The number of aromatic nitrogens is 2. The molecule has 0 fully saturated rings. The molecule has 0 saturated heterocycles. The van der Waals surface area contributed by atoms with Gasteiger partial charge >= 0.3 is 0 Å². The Balaban J connectivity index is 1.49. The fourth-order valence-corrected chi connectivity index (χ4v) is 5.56. The van der Waals surface area contributed by atoms with Gasteiger partial charge in [-0.2, -0.15) is 0 Å². The van der Waals surface area contributed by atoms with Crippen molar-refractivity contribution in [3.63, 3.8) is 0 Å². The van der Waals surface area contributed by atoms with Crippen LogP contribution >= 0.6 is 11.3 Å². The van der Waals surface area contributed by atoms with Crippen LogP contribution in [0.2, 0.25) is 0 Å². The van der Waals surface area contributed by atoms with Crippen LogP contribution in [0.5, 0.6) is 5.75 Å². The molecule has 1 N–H and O–H groups in total. The Morgan fingerprint density at radius 2 is 2.10 bits per heavy atom. The van der Waals surface area contributed by atoms with Crippen molar-refractivity contribution in [2.24, 2.45) is 5.92 Å². The number of ether oxygens (including phenoxy) is 1. The number of aryl methyl sites for hydroxylation is 2. The van der Waals surface area contributed by atoms with E-state index in [0.717, 1.165) is 35.0 Å². The highest BCUT2D eigenvalue weighted by atomic mass is 32.1. The van der Waals surface area contributed by atoms with E-state index in [1.165, 1.54) is 4.88 Å². The summed E-state index contributed by atoms with van der Waals surface area (Å²) in [7, 11) is 0. The van der Waals surface area contributed by atoms with Gasteiger partial charge in [0, 0.05) is 16.9 Å². The van der Waals surface area contributed by atoms with E-state index in [1.807, 2.05) is 6.92 Å². The van der Waals surface area contributed by atoms with Crippen molar-refractivity contribution in [2.75, 3.05) is 6.61 Å². The SMILES string of the molecule is CCC(=O)c1ccc(OCC(O)Cn2c(C)nc3sc4c(c3c2=O)CCC(C)C4)cc1. The Morgan fingerprint density at radius 3 is 2.81 bits per heavy atom. The summed E-state index contributed by atoms with van der Waals surface area (Å²) in [6.07, 6.45) is 2.61. The van der Waals surface area contributed by atoms with Crippen LogP contribution in [-0.4, -0.2) is 33.2 Å². The molecule has 0 amide bonds. The number of thiophene rings is 1. The molecule has 0 spiro atoms. The molecule has 0 aliphatic heterocycles. The van der Waals surface area contributed by atoms with Crippen molar-refractivity contribution in [3.05, 3.63) is 56.4 Å². The summed E-state index contributed by atoms with van der Waals surface area (Å²) in [5.74, 6) is 1.89. The molecule has 2 unspecified atom stereocenters. The second kappa shape index (κ2) is 8.93. The molecule has 1 aromatic carbocycles. The van der Waals surface area contributed by atoms with Crippen molar-refractivity contribution in [2.45, 2.75) is 59.1 Å². The molecule has 6 nitrogen and oxygen atoms in total. The van der Waals surface area contributed by atoms with Crippen molar-refractivity contribution < 1.29 is 14.6 Å². The first-order valence-electron chi connectivity index (χ1n) is 10.8. The molecular formula is C24H28N2O4S. The van der Waals surface area contributed by atoms with E-state index in [9.17, 15) is 14.7 Å². The zero-order chi connectivity index (χ0) is 22.1. The lowest BCUT2D eigenvalue weighted by Gasteiger charge is -2.18. The second-order valence-corrected chi connectivity index (χ2v) is 9.46. The van der Waals surface area contributed by atoms with Gasteiger partial charge in [-0.05, 0) is 61.9 Å². The maximum Gasteiger partial charge on any atom is 0.262 e. The lowest BCUT2D eigenvalue weighted by atomic mass is 9.89. The predicted octanol–water partition coefficient (Wildman–Crippen LogP) is 3.92. The zero-order valence-corrected chi connectivity index (χ0v) is 19.0. The third kappa shape index (κ3) is 4.43. The Morgan fingerprint density at radius 1 is 1.35 bits per heavy atom. The van der Waals surface area contributed by atoms with Crippen LogP contribution in [0.25, 0.3) is 10.2 Å². The maximum absolute atomic E-state index is 13.2. The minimum absolute atomic E-state index is 0.0459. The molecule has 3 aromatic rings. The van der Waals surface area contributed by atoms with E-state index >= 15 is 0 Å². The van der Waals surface area contributed by atoms with Crippen LogP contribution in [0.4, 0.5) is 0 Å². The Bertz CT molecular complexity index is 1160. The van der Waals surface area contributed by atoms with E-state index in [4.69, 9.17) is 4.74 Å². The molecule has 2 aromatic heterocycles. The van der Waals surface area contributed by atoms with Gasteiger partial charge in [0.15, 0.2) is 5.78 Å². The minimum Gasteiger partial charge on any atom is -0.491 e. The molecule has 4 rings (SSSR count). The van der Waals surface area contributed by atoms with Gasteiger partial charge < -0.3 is 9.84 Å². The fraction of sp³-hybridized carbons (Fsp3) is 0.458. The van der Waals surface area contributed by atoms with Crippen LogP contribution in [0.3, 0.4) is 0 Å². The van der Waals surface area contributed by atoms with Crippen molar-refractivity contribution in [1.29, 1.82) is 0 Å². The highest BCUT2D eigenvalue weighted by Gasteiger charge is 2.24. The van der Waals surface area contributed by atoms with E-state index in [0.29, 0.717) is 29.5 Å². The predicted molar refractivity (Wildman–Crippen MR) is 122 cm³/mol. The monoisotopic (exact) mass is 440 g/mol. The number of aliphatic hydroxyl groups is 1. The first-order chi connectivity index (χ1) is 14.9. The molecule has 0 radical (unpaired) electrons. The Labute approximate surface area is 185 Å². The number of carbonyl (C=O) groups is 1. The smallest absolute Gasteiger partial charge is 0.262 e. The molecule has 0 saturated carbocycles. The summed E-state index contributed by atoms with van der Waals surface area (Å²) in [5, 5.41) is 11.2. The van der Waals surface area contributed by atoms with Crippen LogP contribution in [-0.2, 0) is 19.4 Å². The molecule has 1 aliphatic rings. The number of nitrogens with zero attached hydrogens (tertiary/aromatic N) is 2. The van der Waals surface area contributed by atoms with Gasteiger partial charge in [0.25, 0.3) is 5.56 Å². The first-order valence-corrected chi connectivity index (χ1v) is 11.6. The maximum atomic E-state index is 13.2. The molecule has 2 heterocycles. The third-order valence-corrected chi connectivity index (χ3v) is 7.09. The third-order valence-electron chi connectivity index (χ3n) is 5.94. The number of carbonyl (C=O) groups excluding carboxylic acids is 1. The van der Waals surface area contributed by atoms with Crippen LogP contribution in [0.15, 0.2) is 29.1 Å². The van der Waals surface area contributed by atoms with Gasteiger partial charge in [0.1, 0.15) is 29.1 Å². The van der Waals surface area contributed by atoms with E-state index in [1.54, 1.807) is 47.1 Å². The highest BCUT2D eigenvalue weighted by Crippen LogP contribution is 2.35. The number of ketones is 1. The summed E-state index contributed by atoms with van der Waals surface area (Å²) >= 11 is 1.64. The van der Waals surface area contributed by atoms with Crippen LogP contribution in [0, 0.1) is 12.8 Å². The van der Waals surface area contributed by atoms with Crippen molar-refractivity contribution in [1.82, 2.24) is 9.55 Å². The average molecular weight is 441 g/mol. The van der Waals surface area contributed by atoms with Gasteiger partial charge in [-0.1, -0.05) is 13.8 Å². The molecular weight excluding hydrogens is 412 g/mol. The normalized spacial score (nSPS) is 16.8. The Kier molecular flexibility index (Phi) is 6.25. The lowest BCUT2D eigenvalue weighted by molar-refractivity contribution is 0.0907. The van der Waals surface area contributed by atoms with E-state index in [2.05, 4.69) is 11.9 Å². The van der Waals surface area contributed by atoms with Gasteiger partial charge in [-0.15, -0.1) is 11.3 Å². The van der Waals surface area contributed by atoms with Crippen LogP contribution < -0.4 is 10.3 Å². The molecule has 31 heavy (non-hydrogen) atoms. The number of hydrogen-bond donors (Lipinski definition) is 1. The lowest BCUT2D eigenvalue weighted by Crippen LogP contribution is -2.32. The number of benzene rings is 1. The van der Waals surface area contributed by atoms with E-state index < -0.39 is 6.10 Å². The zero-order valence-electron chi connectivity index (χ0n) is 18.2. The number of hydrogen-bond acceptors (Lipinski definition) is 6. The largest absolute Gasteiger partial charge is 0.491 e. The van der Waals surface area contributed by atoms with Crippen LogP contribution in [0.1, 0.15) is 53.3 Å². The molecule has 1 aliphatic carbocycles. The minimum atomic E-state index is -0.859.